The molecule has 0 aliphatic carbocycles. The van der Waals surface area contributed by atoms with E-state index in [9.17, 15) is 9.50 Å². The molecule has 150 valence electrons. The second kappa shape index (κ2) is 10.2. The van der Waals surface area contributed by atoms with E-state index in [1.54, 1.807) is 19.2 Å². The van der Waals surface area contributed by atoms with Gasteiger partial charge in [0.25, 0.3) is 0 Å². The smallest absolute Gasteiger partial charge is 0.193 e. The van der Waals surface area contributed by atoms with Gasteiger partial charge in [-0.1, -0.05) is 36.4 Å². The van der Waals surface area contributed by atoms with Crippen LogP contribution in [0, 0.1) is 11.7 Å². The van der Waals surface area contributed by atoms with Crippen molar-refractivity contribution in [3.8, 4) is 0 Å². The Kier molecular flexibility index (Phi) is 7.39. The third-order valence-corrected chi connectivity index (χ3v) is 4.99. The molecule has 1 aliphatic heterocycles. The van der Waals surface area contributed by atoms with Crippen LogP contribution in [0.4, 0.5) is 4.39 Å². The van der Waals surface area contributed by atoms with E-state index < -0.39 is 0 Å². The summed E-state index contributed by atoms with van der Waals surface area (Å²) in [6.45, 7) is 3.45. The number of nitrogens with zero attached hydrogens (tertiary/aromatic N) is 2. The molecular weight excluding hydrogens is 357 g/mol. The van der Waals surface area contributed by atoms with Crippen LogP contribution in [0.15, 0.2) is 53.5 Å². The number of aliphatic hydroxyl groups excluding tert-OH is 1. The number of hydrogen-bond donors (Lipinski definition) is 2. The van der Waals surface area contributed by atoms with Crippen LogP contribution in [0.2, 0.25) is 0 Å². The number of rotatable bonds is 7. The Morgan fingerprint density at radius 3 is 2.82 bits per heavy atom. The van der Waals surface area contributed by atoms with Crippen molar-refractivity contribution < 1.29 is 14.2 Å². The molecule has 0 amide bonds. The van der Waals surface area contributed by atoms with Gasteiger partial charge in [-0.05, 0) is 29.7 Å². The molecule has 1 fully saturated rings. The van der Waals surface area contributed by atoms with Gasteiger partial charge in [-0.15, -0.1) is 0 Å². The summed E-state index contributed by atoms with van der Waals surface area (Å²) in [5.74, 6) is 0.933. The number of nitrogens with one attached hydrogen (secondary N) is 1. The molecule has 0 bridgehead atoms. The van der Waals surface area contributed by atoms with Crippen molar-refractivity contribution in [3.05, 3.63) is 71.0 Å². The van der Waals surface area contributed by atoms with Crippen molar-refractivity contribution in [3.63, 3.8) is 0 Å². The quantitative estimate of drug-likeness (QED) is 0.568. The number of aliphatic hydroxyl groups is 1. The minimum atomic E-state index is -0.381. The monoisotopic (exact) mass is 385 g/mol. The Morgan fingerprint density at radius 1 is 1.25 bits per heavy atom. The maximum atomic E-state index is 13.5. The highest BCUT2D eigenvalue weighted by Gasteiger charge is 2.25. The van der Waals surface area contributed by atoms with Crippen molar-refractivity contribution in [1.82, 2.24) is 10.2 Å². The molecule has 2 aromatic rings. The first kappa shape index (κ1) is 20.3. The van der Waals surface area contributed by atoms with Gasteiger partial charge >= 0.3 is 0 Å². The topological polar surface area (TPSA) is 57.1 Å². The van der Waals surface area contributed by atoms with E-state index in [0.717, 1.165) is 37.6 Å². The first-order valence-corrected chi connectivity index (χ1v) is 9.65. The molecule has 1 saturated heterocycles. The van der Waals surface area contributed by atoms with Gasteiger partial charge in [-0.2, -0.15) is 0 Å². The molecule has 0 saturated carbocycles. The van der Waals surface area contributed by atoms with Crippen LogP contribution in [-0.4, -0.2) is 42.7 Å². The molecule has 0 aromatic heterocycles. The Hall–Kier alpha value is -2.44. The number of aliphatic imine (C=N–C) groups is 1. The van der Waals surface area contributed by atoms with Crippen molar-refractivity contribution in [2.24, 2.45) is 10.9 Å². The van der Waals surface area contributed by atoms with Gasteiger partial charge in [-0.3, -0.25) is 4.99 Å². The summed E-state index contributed by atoms with van der Waals surface area (Å²) < 4.78 is 19.4. The molecule has 5 nitrogen and oxygen atoms in total. The van der Waals surface area contributed by atoms with E-state index in [4.69, 9.17) is 4.74 Å². The predicted octanol–water partition coefficient (Wildman–Crippen LogP) is 2.93. The summed E-state index contributed by atoms with van der Waals surface area (Å²) in [6, 6.07) is 15.0. The molecule has 1 unspecified atom stereocenters. The number of ether oxygens (including phenoxy) is 1. The molecule has 1 atom stereocenters. The first-order chi connectivity index (χ1) is 13.7. The standard InChI is InChI=1S/C22H28FN3O2/c1-24-22(25-12-18-7-8-21(23)20(11-18)14-27)26-10-9-19(13-26)16-28-15-17-5-3-2-4-6-17/h2-8,11,19,27H,9-10,12-16H2,1H3,(H,24,25). The number of guanidine groups is 1. The van der Waals surface area contributed by atoms with Crippen LogP contribution in [0.1, 0.15) is 23.1 Å². The molecule has 0 radical (unpaired) electrons. The van der Waals surface area contributed by atoms with Crippen LogP contribution in [0.5, 0.6) is 0 Å². The van der Waals surface area contributed by atoms with E-state index in [1.165, 1.54) is 11.6 Å². The third kappa shape index (κ3) is 5.53. The second-order valence-electron chi connectivity index (χ2n) is 7.09. The van der Waals surface area contributed by atoms with Gasteiger partial charge in [0.15, 0.2) is 5.96 Å². The zero-order valence-corrected chi connectivity index (χ0v) is 16.3. The lowest BCUT2D eigenvalue weighted by molar-refractivity contribution is 0.0906. The largest absolute Gasteiger partial charge is 0.392 e. The summed E-state index contributed by atoms with van der Waals surface area (Å²) in [4.78, 5) is 6.60. The molecule has 1 aliphatic rings. The van der Waals surface area contributed by atoms with Crippen LogP contribution in [-0.2, 0) is 24.5 Å². The number of benzene rings is 2. The highest BCUT2D eigenvalue weighted by Crippen LogP contribution is 2.18. The predicted molar refractivity (Wildman–Crippen MR) is 108 cm³/mol. The maximum absolute atomic E-state index is 13.5. The summed E-state index contributed by atoms with van der Waals surface area (Å²) in [5.41, 5.74) is 2.41. The molecule has 2 aromatic carbocycles. The van der Waals surface area contributed by atoms with Gasteiger partial charge in [0, 0.05) is 38.2 Å². The Labute approximate surface area is 165 Å². The number of halogens is 1. The molecule has 1 heterocycles. The normalized spacial score (nSPS) is 17.2. The zero-order valence-electron chi connectivity index (χ0n) is 16.3. The average molecular weight is 385 g/mol. The van der Waals surface area contributed by atoms with Crippen LogP contribution in [0.25, 0.3) is 0 Å². The minimum absolute atomic E-state index is 0.300. The summed E-state index contributed by atoms with van der Waals surface area (Å²) in [6.07, 6.45) is 1.07. The van der Waals surface area contributed by atoms with Crippen molar-refractivity contribution >= 4 is 5.96 Å². The van der Waals surface area contributed by atoms with E-state index >= 15 is 0 Å². The van der Waals surface area contributed by atoms with Gasteiger partial charge < -0.3 is 20.1 Å². The molecule has 0 spiro atoms. The van der Waals surface area contributed by atoms with Crippen molar-refractivity contribution in [1.29, 1.82) is 0 Å². The SMILES string of the molecule is CN=C(NCc1ccc(F)c(CO)c1)N1CCC(COCc2ccccc2)C1. The van der Waals surface area contributed by atoms with Crippen molar-refractivity contribution in [2.45, 2.75) is 26.2 Å². The minimum Gasteiger partial charge on any atom is -0.392 e. The van der Waals surface area contributed by atoms with E-state index in [1.807, 2.05) is 18.2 Å². The van der Waals surface area contributed by atoms with E-state index in [0.29, 0.717) is 24.6 Å². The van der Waals surface area contributed by atoms with E-state index in [2.05, 4.69) is 27.3 Å². The third-order valence-electron chi connectivity index (χ3n) is 4.99. The Balaban J connectivity index is 1.45. The summed E-state index contributed by atoms with van der Waals surface area (Å²) >= 11 is 0. The fourth-order valence-corrected chi connectivity index (χ4v) is 3.45. The van der Waals surface area contributed by atoms with E-state index in [-0.39, 0.29) is 12.4 Å². The maximum Gasteiger partial charge on any atom is 0.193 e. The van der Waals surface area contributed by atoms with Crippen molar-refractivity contribution in [2.75, 3.05) is 26.7 Å². The molecule has 6 heteroatoms. The molecule has 28 heavy (non-hydrogen) atoms. The first-order valence-electron chi connectivity index (χ1n) is 9.65. The number of likely N-dealkylation sites (tertiary alicyclic amines) is 1. The highest BCUT2D eigenvalue weighted by atomic mass is 19.1. The summed E-state index contributed by atoms with van der Waals surface area (Å²) in [7, 11) is 1.77. The molecule has 2 N–H and O–H groups in total. The second-order valence-corrected chi connectivity index (χ2v) is 7.09. The van der Waals surface area contributed by atoms with Crippen LogP contribution < -0.4 is 5.32 Å². The Bertz CT molecular complexity index is 783. The van der Waals surface area contributed by atoms with Crippen LogP contribution >= 0.6 is 0 Å². The van der Waals surface area contributed by atoms with Gasteiger partial charge in [-0.25, -0.2) is 4.39 Å². The fraction of sp³-hybridized carbons (Fsp3) is 0.409. The fourth-order valence-electron chi connectivity index (χ4n) is 3.45. The van der Waals surface area contributed by atoms with Gasteiger partial charge in [0.1, 0.15) is 5.82 Å². The zero-order chi connectivity index (χ0) is 19.8. The highest BCUT2D eigenvalue weighted by molar-refractivity contribution is 5.80. The Morgan fingerprint density at radius 2 is 2.07 bits per heavy atom. The molecular formula is C22H28FN3O2. The van der Waals surface area contributed by atoms with Gasteiger partial charge in [0.05, 0.1) is 19.8 Å². The van der Waals surface area contributed by atoms with Crippen LogP contribution in [0.3, 0.4) is 0 Å². The van der Waals surface area contributed by atoms with Gasteiger partial charge in [0.2, 0.25) is 0 Å². The number of hydrogen-bond acceptors (Lipinski definition) is 3. The lowest BCUT2D eigenvalue weighted by Gasteiger charge is -2.22. The summed E-state index contributed by atoms with van der Waals surface area (Å²) in [5, 5.41) is 12.5. The average Bonchev–Trinajstić information content (AvgIpc) is 3.19. The lowest BCUT2D eigenvalue weighted by Crippen LogP contribution is -2.39. The lowest BCUT2D eigenvalue weighted by atomic mass is 10.1. The molecule has 3 rings (SSSR count).